The van der Waals surface area contributed by atoms with Gasteiger partial charge in [0.2, 0.25) is 0 Å². The van der Waals surface area contributed by atoms with Crippen LogP contribution in [-0.2, 0) is 0 Å². The van der Waals surface area contributed by atoms with E-state index in [-0.39, 0.29) is 24.2 Å². The van der Waals surface area contributed by atoms with Crippen LogP contribution in [-0.4, -0.2) is 6.61 Å². The minimum atomic E-state index is -0.359. The molecule has 2 aromatic rings. The lowest BCUT2D eigenvalue weighted by Gasteiger charge is -2.12. The number of ether oxygens (including phenoxy) is 1. The molecule has 2 nitrogen and oxygen atoms in total. The molecule has 90 valence electrons. The van der Waals surface area contributed by atoms with Gasteiger partial charge in [-0.05, 0) is 31.2 Å². The Bertz CT molecular complexity index is 498. The Morgan fingerprint density at radius 3 is 2.71 bits per heavy atom. The minimum Gasteiger partial charge on any atom is -0.489 e. The van der Waals surface area contributed by atoms with Crippen molar-refractivity contribution in [3.63, 3.8) is 0 Å². The summed E-state index contributed by atoms with van der Waals surface area (Å²) in [6.07, 6.45) is 0. The fraction of sp³-hybridized carbons (Fsp3) is 0.231. The fourth-order valence-corrected chi connectivity index (χ4v) is 2.34. The zero-order chi connectivity index (χ0) is 12.3. The van der Waals surface area contributed by atoms with Crippen molar-refractivity contribution in [2.45, 2.75) is 13.0 Å². The molecule has 0 aliphatic rings. The average molecular weight is 251 g/mol. The molecular formula is C13H14FNOS. The molecule has 4 heteroatoms. The van der Waals surface area contributed by atoms with Crippen LogP contribution in [0.4, 0.5) is 4.39 Å². The number of para-hydroxylation sites is 1. The van der Waals surface area contributed by atoms with Crippen molar-refractivity contribution in [2.24, 2.45) is 5.73 Å². The van der Waals surface area contributed by atoms with Crippen molar-refractivity contribution in [3.8, 4) is 5.75 Å². The van der Waals surface area contributed by atoms with Gasteiger partial charge >= 0.3 is 0 Å². The smallest absolute Gasteiger partial charge is 0.165 e. The molecular weight excluding hydrogens is 237 g/mol. The summed E-state index contributed by atoms with van der Waals surface area (Å²) in [7, 11) is 0. The van der Waals surface area contributed by atoms with Crippen LogP contribution in [0.25, 0.3) is 0 Å². The first-order chi connectivity index (χ1) is 8.16. The zero-order valence-corrected chi connectivity index (χ0v) is 10.3. The van der Waals surface area contributed by atoms with E-state index in [1.807, 2.05) is 19.1 Å². The highest BCUT2D eigenvalue weighted by atomic mass is 32.1. The van der Waals surface area contributed by atoms with Gasteiger partial charge in [0.1, 0.15) is 6.61 Å². The van der Waals surface area contributed by atoms with Gasteiger partial charge in [0.05, 0.1) is 6.04 Å². The molecule has 0 bridgehead atoms. The van der Waals surface area contributed by atoms with Gasteiger partial charge in [-0.1, -0.05) is 12.1 Å². The molecule has 0 aliphatic heterocycles. The van der Waals surface area contributed by atoms with Crippen molar-refractivity contribution in [2.75, 3.05) is 6.61 Å². The Morgan fingerprint density at radius 1 is 1.29 bits per heavy atom. The van der Waals surface area contributed by atoms with Gasteiger partial charge < -0.3 is 10.5 Å². The Morgan fingerprint density at radius 2 is 2.06 bits per heavy atom. The normalized spacial score (nSPS) is 12.4. The molecule has 1 aromatic heterocycles. The lowest BCUT2D eigenvalue weighted by Crippen LogP contribution is -2.18. The van der Waals surface area contributed by atoms with Crippen molar-refractivity contribution in [1.29, 1.82) is 0 Å². The van der Waals surface area contributed by atoms with E-state index in [1.165, 1.54) is 10.9 Å². The SMILES string of the molecule is Cc1ccc(C(N)COc2ccccc2F)s1. The van der Waals surface area contributed by atoms with E-state index in [1.54, 1.807) is 29.5 Å². The average Bonchev–Trinajstić information content (AvgIpc) is 2.74. The maximum Gasteiger partial charge on any atom is 0.165 e. The van der Waals surface area contributed by atoms with Crippen LogP contribution in [0.15, 0.2) is 36.4 Å². The summed E-state index contributed by atoms with van der Waals surface area (Å²) >= 11 is 1.64. The first-order valence-corrected chi connectivity index (χ1v) is 6.17. The van der Waals surface area contributed by atoms with Gasteiger partial charge in [-0.3, -0.25) is 0 Å². The van der Waals surface area contributed by atoms with Crippen LogP contribution in [0, 0.1) is 12.7 Å². The number of hydrogen-bond donors (Lipinski definition) is 1. The molecule has 1 aromatic carbocycles. The van der Waals surface area contributed by atoms with E-state index < -0.39 is 0 Å². The summed E-state index contributed by atoms with van der Waals surface area (Å²) < 4.78 is 18.7. The monoisotopic (exact) mass is 251 g/mol. The molecule has 0 aliphatic carbocycles. The maximum atomic E-state index is 13.3. The number of nitrogens with two attached hydrogens (primary N) is 1. The van der Waals surface area contributed by atoms with E-state index >= 15 is 0 Å². The Hall–Kier alpha value is -1.39. The quantitative estimate of drug-likeness (QED) is 0.905. The summed E-state index contributed by atoms with van der Waals surface area (Å²) in [6.45, 7) is 2.31. The molecule has 0 radical (unpaired) electrons. The van der Waals surface area contributed by atoms with E-state index in [9.17, 15) is 4.39 Å². The lowest BCUT2D eigenvalue weighted by atomic mass is 10.2. The molecule has 2 rings (SSSR count). The second kappa shape index (κ2) is 5.29. The topological polar surface area (TPSA) is 35.2 Å². The Balaban J connectivity index is 1.97. The second-order valence-electron chi connectivity index (χ2n) is 3.80. The van der Waals surface area contributed by atoms with Gasteiger partial charge in [-0.25, -0.2) is 4.39 Å². The summed E-state index contributed by atoms with van der Waals surface area (Å²) in [4.78, 5) is 2.26. The summed E-state index contributed by atoms with van der Waals surface area (Å²) in [6, 6.07) is 10.1. The number of thiophene rings is 1. The molecule has 0 saturated carbocycles. The zero-order valence-electron chi connectivity index (χ0n) is 9.52. The first kappa shape index (κ1) is 12.1. The number of halogens is 1. The van der Waals surface area contributed by atoms with Crippen LogP contribution < -0.4 is 10.5 Å². The van der Waals surface area contributed by atoms with Crippen molar-refractivity contribution >= 4 is 11.3 Å². The molecule has 0 spiro atoms. The summed E-state index contributed by atoms with van der Waals surface area (Å²) in [5.41, 5.74) is 5.97. The van der Waals surface area contributed by atoms with Gasteiger partial charge in [-0.15, -0.1) is 11.3 Å². The van der Waals surface area contributed by atoms with Crippen LogP contribution in [0.3, 0.4) is 0 Å². The molecule has 0 amide bonds. The minimum absolute atomic E-state index is 0.215. The number of rotatable bonds is 4. The third-order valence-corrected chi connectivity index (χ3v) is 3.51. The summed E-state index contributed by atoms with van der Waals surface area (Å²) in [5.74, 6) is -0.113. The number of hydrogen-bond acceptors (Lipinski definition) is 3. The molecule has 17 heavy (non-hydrogen) atoms. The highest BCUT2D eigenvalue weighted by Gasteiger charge is 2.10. The molecule has 1 unspecified atom stereocenters. The van der Waals surface area contributed by atoms with E-state index in [0.29, 0.717) is 0 Å². The van der Waals surface area contributed by atoms with Crippen molar-refractivity contribution < 1.29 is 9.13 Å². The molecule has 1 heterocycles. The van der Waals surface area contributed by atoms with E-state index in [2.05, 4.69) is 0 Å². The van der Waals surface area contributed by atoms with Gasteiger partial charge in [-0.2, -0.15) is 0 Å². The molecule has 2 N–H and O–H groups in total. The van der Waals surface area contributed by atoms with Crippen LogP contribution >= 0.6 is 11.3 Å². The first-order valence-electron chi connectivity index (χ1n) is 5.36. The van der Waals surface area contributed by atoms with Crippen molar-refractivity contribution in [3.05, 3.63) is 52.0 Å². The standard InChI is InChI=1S/C13H14FNOS/c1-9-6-7-13(17-9)11(15)8-16-12-5-3-2-4-10(12)14/h2-7,11H,8,15H2,1H3. The van der Waals surface area contributed by atoms with Gasteiger partial charge in [0.15, 0.2) is 11.6 Å². The van der Waals surface area contributed by atoms with E-state index in [0.717, 1.165) is 4.88 Å². The van der Waals surface area contributed by atoms with Gasteiger partial charge in [0, 0.05) is 9.75 Å². The number of benzene rings is 1. The molecule has 1 atom stereocenters. The third kappa shape index (κ3) is 3.05. The fourth-order valence-electron chi connectivity index (χ4n) is 1.48. The number of aryl methyl sites for hydroxylation is 1. The van der Waals surface area contributed by atoms with E-state index in [4.69, 9.17) is 10.5 Å². The highest BCUT2D eigenvalue weighted by Crippen LogP contribution is 2.23. The highest BCUT2D eigenvalue weighted by molar-refractivity contribution is 7.12. The maximum absolute atomic E-state index is 13.3. The summed E-state index contributed by atoms with van der Waals surface area (Å²) in [5, 5.41) is 0. The largest absolute Gasteiger partial charge is 0.489 e. The Kier molecular flexibility index (Phi) is 3.76. The van der Waals surface area contributed by atoms with Crippen molar-refractivity contribution in [1.82, 2.24) is 0 Å². The van der Waals surface area contributed by atoms with Crippen LogP contribution in [0.5, 0.6) is 5.75 Å². The predicted octanol–water partition coefficient (Wildman–Crippen LogP) is 3.27. The Labute approximate surface area is 104 Å². The molecule has 0 saturated heterocycles. The van der Waals surface area contributed by atoms with Gasteiger partial charge in [0.25, 0.3) is 0 Å². The lowest BCUT2D eigenvalue weighted by molar-refractivity contribution is 0.279. The second-order valence-corrected chi connectivity index (χ2v) is 5.12. The van der Waals surface area contributed by atoms with Crippen LogP contribution in [0.1, 0.15) is 15.8 Å². The molecule has 0 fully saturated rings. The predicted molar refractivity (Wildman–Crippen MR) is 67.9 cm³/mol. The third-order valence-electron chi connectivity index (χ3n) is 2.38. The van der Waals surface area contributed by atoms with Crippen LogP contribution in [0.2, 0.25) is 0 Å².